The summed E-state index contributed by atoms with van der Waals surface area (Å²) in [5.74, 6) is 0.607. The van der Waals surface area contributed by atoms with Crippen molar-refractivity contribution in [1.82, 2.24) is 0 Å². The largest absolute Gasteiger partial charge is 0.471 e. The average Bonchev–Trinajstić information content (AvgIpc) is 2.67. The highest BCUT2D eigenvalue weighted by atomic mass is 35.5. The van der Waals surface area contributed by atoms with E-state index < -0.39 is 0 Å². The van der Waals surface area contributed by atoms with Gasteiger partial charge in [0.25, 0.3) is 0 Å². The van der Waals surface area contributed by atoms with Crippen LogP contribution in [0.2, 0.25) is 5.02 Å². The van der Waals surface area contributed by atoms with Gasteiger partial charge in [-0.1, -0.05) is 36.7 Å². The van der Waals surface area contributed by atoms with Crippen LogP contribution in [0.3, 0.4) is 0 Å². The van der Waals surface area contributed by atoms with Crippen molar-refractivity contribution in [3.63, 3.8) is 0 Å². The topological polar surface area (TPSA) is 42.7 Å². The van der Waals surface area contributed by atoms with E-state index in [9.17, 15) is 4.79 Å². The molecule has 3 aromatic rings. The summed E-state index contributed by atoms with van der Waals surface area (Å²) in [5.41, 5.74) is 4.96. The Morgan fingerprint density at radius 3 is 2.73 bits per heavy atom. The summed E-state index contributed by atoms with van der Waals surface area (Å²) in [6.07, 6.45) is 0.934. The number of nitrogens with zero attached hydrogens (tertiary/aromatic N) is 1. The summed E-state index contributed by atoms with van der Waals surface area (Å²) in [7, 11) is 0. The quantitative estimate of drug-likeness (QED) is 0.597. The summed E-state index contributed by atoms with van der Waals surface area (Å²) >= 11 is 6.47. The third-order valence-corrected chi connectivity index (χ3v) is 5.46. The van der Waals surface area contributed by atoms with Crippen molar-refractivity contribution < 1.29 is 9.15 Å². The van der Waals surface area contributed by atoms with Gasteiger partial charge in [-0.3, -0.25) is 0 Å². The van der Waals surface area contributed by atoms with Crippen LogP contribution >= 0.6 is 11.6 Å². The minimum Gasteiger partial charge on any atom is -0.471 e. The maximum atomic E-state index is 12.2. The van der Waals surface area contributed by atoms with E-state index in [0.717, 1.165) is 28.6 Å². The molecule has 2 heterocycles. The fraction of sp³-hybridized carbons (Fsp3) is 0.286. The minimum atomic E-state index is -0.314. The van der Waals surface area contributed by atoms with Crippen LogP contribution < -0.4 is 15.3 Å². The summed E-state index contributed by atoms with van der Waals surface area (Å²) in [5, 5.41) is 1.41. The number of benzene rings is 2. The summed E-state index contributed by atoms with van der Waals surface area (Å²) in [6, 6.07) is 10.1. The van der Waals surface area contributed by atoms with Crippen molar-refractivity contribution in [1.29, 1.82) is 0 Å². The third-order valence-electron chi connectivity index (χ3n) is 5.18. The van der Waals surface area contributed by atoms with Gasteiger partial charge in [-0.2, -0.15) is 0 Å². The standard InChI is InChI=1S/C21H20ClNO3/c1-4-14-7-5-6-8-18(14)23-10-16-19-15(9-17(22)20(16)25-11-23)12(2)13(3)21(24)26-19/h5-9H,4,10-11H2,1-3H3. The first-order chi connectivity index (χ1) is 12.5. The van der Waals surface area contributed by atoms with E-state index in [2.05, 4.69) is 24.0 Å². The van der Waals surface area contributed by atoms with Crippen LogP contribution in [-0.4, -0.2) is 6.73 Å². The first kappa shape index (κ1) is 17.0. The highest BCUT2D eigenvalue weighted by molar-refractivity contribution is 6.33. The van der Waals surface area contributed by atoms with Crippen LogP contribution in [0.25, 0.3) is 11.0 Å². The molecule has 1 aromatic heterocycles. The number of para-hydroxylation sites is 1. The molecule has 0 atom stereocenters. The molecule has 0 saturated heterocycles. The number of fused-ring (bicyclic) bond motifs is 3. The Morgan fingerprint density at radius 1 is 1.19 bits per heavy atom. The molecule has 1 aliphatic heterocycles. The number of aryl methyl sites for hydroxylation is 2. The normalized spacial score (nSPS) is 13.6. The highest BCUT2D eigenvalue weighted by Gasteiger charge is 2.26. The smallest absolute Gasteiger partial charge is 0.339 e. The van der Waals surface area contributed by atoms with Crippen molar-refractivity contribution in [3.8, 4) is 5.75 Å². The number of hydrogen-bond acceptors (Lipinski definition) is 4. The lowest BCUT2D eigenvalue weighted by atomic mass is 10.0. The van der Waals surface area contributed by atoms with E-state index in [-0.39, 0.29) is 5.63 Å². The zero-order valence-corrected chi connectivity index (χ0v) is 15.8. The Hall–Kier alpha value is -2.46. The van der Waals surface area contributed by atoms with Crippen LogP contribution in [0.5, 0.6) is 5.75 Å². The number of anilines is 1. The molecule has 0 amide bonds. The molecule has 0 N–H and O–H groups in total. The molecule has 26 heavy (non-hydrogen) atoms. The molecule has 2 aromatic carbocycles. The second-order valence-electron chi connectivity index (χ2n) is 6.64. The number of hydrogen-bond donors (Lipinski definition) is 0. The monoisotopic (exact) mass is 369 g/mol. The number of rotatable bonds is 2. The van der Waals surface area contributed by atoms with Gasteiger partial charge in [0, 0.05) is 16.6 Å². The zero-order chi connectivity index (χ0) is 18.4. The number of ether oxygens (including phenoxy) is 1. The van der Waals surface area contributed by atoms with Crippen LogP contribution in [0, 0.1) is 13.8 Å². The second-order valence-corrected chi connectivity index (χ2v) is 7.04. The van der Waals surface area contributed by atoms with Gasteiger partial charge in [-0.15, -0.1) is 0 Å². The summed E-state index contributed by atoms with van der Waals surface area (Å²) in [4.78, 5) is 14.4. The maximum Gasteiger partial charge on any atom is 0.339 e. The maximum absolute atomic E-state index is 12.2. The fourth-order valence-corrected chi connectivity index (χ4v) is 3.82. The lowest BCUT2D eigenvalue weighted by molar-refractivity contribution is 0.289. The third kappa shape index (κ3) is 2.56. The first-order valence-electron chi connectivity index (χ1n) is 8.72. The Labute approximate surface area is 156 Å². The van der Waals surface area contributed by atoms with Crippen molar-refractivity contribution in [3.05, 3.63) is 68.0 Å². The predicted molar refractivity (Wildman–Crippen MR) is 104 cm³/mol. The molecule has 5 heteroatoms. The lowest BCUT2D eigenvalue weighted by Gasteiger charge is -2.32. The average molecular weight is 370 g/mol. The molecule has 4 rings (SSSR count). The van der Waals surface area contributed by atoms with Crippen LogP contribution in [0.4, 0.5) is 5.69 Å². The van der Waals surface area contributed by atoms with E-state index in [1.807, 2.05) is 25.1 Å². The van der Waals surface area contributed by atoms with Crippen molar-refractivity contribution in [2.75, 3.05) is 11.6 Å². The molecule has 4 nitrogen and oxygen atoms in total. The van der Waals surface area contributed by atoms with Gasteiger partial charge in [-0.25, -0.2) is 4.79 Å². The van der Waals surface area contributed by atoms with Crippen LogP contribution in [-0.2, 0) is 13.0 Å². The van der Waals surface area contributed by atoms with Gasteiger partial charge in [0.1, 0.15) is 11.3 Å². The molecular formula is C21H20ClNO3. The molecule has 0 fully saturated rings. The summed E-state index contributed by atoms with van der Waals surface area (Å²) in [6.45, 7) is 6.81. The molecule has 0 spiro atoms. The minimum absolute atomic E-state index is 0.314. The van der Waals surface area contributed by atoms with Crippen molar-refractivity contribution in [2.24, 2.45) is 0 Å². The van der Waals surface area contributed by atoms with E-state index >= 15 is 0 Å². The molecule has 0 saturated carbocycles. The second kappa shape index (κ2) is 6.36. The Bertz CT molecular complexity index is 1070. The number of halogens is 1. The molecule has 0 aliphatic carbocycles. The summed E-state index contributed by atoms with van der Waals surface area (Å²) < 4.78 is 11.6. The van der Waals surface area contributed by atoms with Crippen molar-refractivity contribution in [2.45, 2.75) is 33.7 Å². The predicted octanol–water partition coefficient (Wildman–Crippen LogP) is 4.98. The van der Waals surface area contributed by atoms with E-state index in [4.69, 9.17) is 20.8 Å². The van der Waals surface area contributed by atoms with Gasteiger partial charge >= 0.3 is 5.63 Å². The molecule has 134 valence electrons. The fourth-order valence-electron chi connectivity index (χ4n) is 3.54. The van der Waals surface area contributed by atoms with E-state index in [1.54, 1.807) is 6.92 Å². The van der Waals surface area contributed by atoms with Crippen LogP contribution in [0.15, 0.2) is 39.5 Å². The van der Waals surface area contributed by atoms with Crippen LogP contribution in [0.1, 0.15) is 29.2 Å². The molecule has 0 unspecified atom stereocenters. The molecule has 0 bridgehead atoms. The molecule has 0 radical (unpaired) electrons. The van der Waals surface area contributed by atoms with Gasteiger partial charge in [0.15, 0.2) is 6.73 Å². The van der Waals surface area contributed by atoms with Crippen molar-refractivity contribution >= 4 is 28.3 Å². The van der Waals surface area contributed by atoms with Gasteiger partial charge in [0.05, 0.1) is 17.1 Å². The SMILES string of the molecule is CCc1ccccc1N1COc2c(Cl)cc3c(C)c(C)c(=O)oc3c2C1. The highest BCUT2D eigenvalue weighted by Crippen LogP contribution is 2.40. The Morgan fingerprint density at radius 2 is 1.96 bits per heavy atom. The Balaban J connectivity index is 1.91. The first-order valence-corrected chi connectivity index (χ1v) is 9.10. The molecule has 1 aliphatic rings. The van der Waals surface area contributed by atoms with E-state index in [0.29, 0.717) is 35.2 Å². The van der Waals surface area contributed by atoms with E-state index in [1.165, 1.54) is 5.56 Å². The Kier molecular flexibility index (Phi) is 4.16. The zero-order valence-electron chi connectivity index (χ0n) is 15.1. The van der Waals surface area contributed by atoms with Gasteiger partial charge < -0.3 is 14.1 Å². The van der Waals surface area contributed by atoms with Gasteiger partial charge in [0.2, 0.25) is 0 Å². The lowest BCUT2D eigenvalue weighted by Crippen LogP contribution is -2.33. The molecular weight excluding hydrogens is 350 g/mol. The van der Waals surface area contributed by atoms with Gasteiger partial charge in [-0.05, 0) is 43.5 Å².